The molecule has 0 aliphatic heterocycles. The lowest BCUT2D eigenvalue weighted by Crippen LogP contribution is -2.12. The molecule has 1 heteroatoms. The predicted molar refractivity (Wildman–Crippen MR) is 61.6 cm³/mol. The fourth-order valence-electron chi connectivity index (χ4n) is 2.20. The monoisotopic (exact) mass is 202 g/mol. The highest BCUT2D eigenvalue weighted by atomic mass is 16.3. The number of aliphatic hydroxyl groups excluding tert-OH is 1. The van der Waals surface area contributed by atoms with Crippen LogP contribution in [0.3, 0.4) is 0 Å². The molecule has 80 valence electrons. The average Bonchev–Trinajstić information content (AvgIpc) is 2.31. The van der Waals surface area contributed by atoms with Crippen LogP contribution in [0, 0.1) is 18.4 Å². The van der Waals surface area contributed by atoms with Gasteiger partial charge in [0.15, 0.2) is 0 Å². The Hall–Kier alpha value is -0.820. The number of rotatable bonds is 3. The van der Waals surface area contributed by atoms with Crippen LogP contribution in [0.25, 0.3) is 0 Å². The van der Waals surface area contributed by atoms with Crippen molar-refractivity contribution in [1.29, 1.82) is 0 Å². The van der Waals surface area contributed by atoms with Gasteiger partial charge in [-0.3, -0.25) is 0 Å². The lowest BCUT2D eigenvalue weighted by Gasteiger charge is -2.23. The van der Waals surface area contributed by atoms with Crippen molar-refractivity contribution in [3.05, 3.63) is 48.4 Å². The quantitative estimate of drug-likeness (QED) is 0.792. The molecule has 1 aliphatic carbocycles. The van der Waals surface area contributed by atoms with Gasteiger partial charge in [-0.25, -0.2) is 0 Å². The zero-order valence-corrected chi connectivity index (χ0v) is 9.02. The van der Waals surface area contributed by atoms with Gasteiger partial charge in [0.1, 0.15) is 6.10 Å². The Kier molecular flexibility index (Phi) is 3.79. The zero-order chi connectivity index (χ0) is 10.5. The Morgan fingerprint density at radius 3 is 2.67 bits per heavy atom. The van der Waals surface area contributed by atoms with Crippen LogP contribution in [-0.2, 0) is 0 Å². The molecule has 0 aromatic heterocycles. The summed E-state index contributed by atoms with van der Waals surface area (Å²) >= 11 is 0. The molecule has 2 radical (unpaired) electrons. The third kappa shape index (κ3) is 3.07. The van der Waals surface area contributed by atoms with Gasteiger partial charge in [0.2, 0.25) is 0 Å². The first kappa shape index (κ1) is 10.7. The molecule has 1 aliphatic rings. The van der Waals surface area contributed by atoms with E-state index in [0.29, 0.717) is 12.0 Å². The third-order valence-electron chi connectivity index (χ3n) is 3.09. The molecular formula is C14H18O. The number of hydrogen-bond acceptors (Lipinski definition) is 1. The minimum Gasteiger partial charge on any atom is -0.382 e. The summed E-state index contributed by atoms with van der Waals surface area (Å²) in [6.45, 7) is 0. The van der Waals surface area contributed by atoms with Crippen LogP contribution in [0.2, 0.25) is 0 Å². The lowest BCUT2D eigenvalue weighted by atomic mass is 9.84. The van der Waals surface area contributed by atoms with Gasteiger partial charge in [-0.05, 0) is 30.7 Å². The maximum atomic E-state index is 9.97. The minimum atomic E-state index is 0.541. The van der Waals surface area contributed by atoms with Gasteiger partial charge in [0.05, 0.1) is 0 Å². The minimum absolute atomic E-state index is 0.541. The Bertz CT molecular complexity index is 275. The Balaban J connectivity index is 1.88. The molecule has 1 saturated carbocycles. The molecule has 1 fully saturated rings. The highest BCUT2D eigenvalue weighted by Gasteiger charge is 2.19. The molecule has 1 atom stereocenters. The molecular weight excluding hydrogens is 184 g/mol. The van der Waals surface area contributed by atoms with Crippen LogP contribution in [-0.4, -0.2) is 5.11 Å². The van der Waals surface area contributed by atoms with Crippen molar-refractivity contribution in [3.63, 3.8) is 0 Å². The predicted octanol–water partition coefficient (Wildman–Crippen LogP) is 3.72. The summed E-state index contributed by atoms with van der Waals surface area (Å²) in [6.07, 6.45) is 8.79. The van der Waals surface area contributed by atoms with Gasteiger partial charge in [-0.1, -0.05) is 49.6 Å². The molecule has 0 saturated heterocycles. The van der Waals surface area contributed by atoms with Crippen LogP contribution in [0.1, 0.15) is 37.7 Å². The van der Waals surface area contributed by atoms with Gasteiger partial charge in [0.25, 0.3) is 0 Å². The van der Waals surface area contributed by atoms with Gasteiger partial charge < -0.3 is 5.11 Å². The third-order valence-corrected chi connectivity index (χ3v) is 3.09. The van der Waals surface area contributed by atoms with Crippen LogP contribution in [0.15, 0.2) is 30.3 Å². The van der Waals surface area contributed by atoms with E-state index in [4.69, 9.17) is 0 Å². The molecule has 0 amide bonds. The van der Waals surface area contributed by atoms with Gasteiger partial charge in [-0.2, -0.15) is 0 Å². The molecule has 1 N–H and O–H groups in total. The number of aliphatic hydroxyl groups is 1. The van der Waals surface area contributed by atoms with Crippen molar-refractivity contribution in [1.82, 2.24) is 0 Å². The van der Waals surface area contributed by atoms with E-state index in [2.05, 4.69) is 6.42 Å². The molecule has 1 nitrogen and oxygen atoms in total. The summed E-state index contributed by atoms with van der Waals surface area (Å²) in [5.41, 5.74) is 0.969. The molecule has 0 spiro atoms. The Labute approximate surface area is 92.1 Å². The average molecular weight is 202 g/mol. The van der Waals surface area contributed by atoms with E-state index in [9.17, 15) is 5.11 Å². The van der Waals surface area contributed by atoms with Crippen LogP contribution in [0.4, 0.5) is 0 Å². The summed E-state index contributed by atoms with van der Waals surface area (Å²) in [5.74, 6) is 0.582. The van der Waals surface area contributed by atoms with Crippen LogP contribution >= 0.6 is 0 Å². The highest BCUT2D eigenvalue weighted by molar-refractivity contribution is 5.26. The second kappa shape index (κ2) is 5.32. The van der Waals surface area contributed by atoms with Crippen molar-refractivity contribution >= 4 is 0 Å². The van der Waals surface area contributed by atoms with Crippen molar-refractivity contribution in [3.8, 4) is 0 Å². The Morgan fingerprint density at radius 2 is 2.00 bits per heavy atom. The molecule has 2 rings (SSSR count). The second-order valence-corrected chi connectivity index (χ2v) is 4.30. The second-order valence-electron chi connectivity index (χ2n) is 4.30. The summed E-state index contributed by atoms with van der Waals surface area (Å²) in [6, 6.07) is 9.85. The molecule has 0 bridgehead atoms. The van der Waals surface area contributed by atoms with Crippen molar-refractivity contribution in [2.75, 3.05) is 0 Å². The van der Waals surface area contributed by atoms with E-state index in [1.165, 1.54) is 25.7 Å². The first-order valence-electron chi connectivity index (χ1n) is 5.80. The van der Waals surface area contributed by atoms with Crippen LogP contribution in [0.5, 0.6) is 0 Å². The number of hydrogen-bond donors (Lipinski definition) is 1. The van der Waals surface area contributed by atoms with Crippen molar-refractivity contribution in [2.24, 2.45) is 5.92 Å². The van der Waals surface area contributed by atoms with Gasteiger partial charge >= 0.3 is 0 Å². The highest BCUT2D eigenvalue weighted by Crippen LogP contribution is 2.30. The first-order valence-corrected chi connectivity index (χ1v) is 5.80. The van der Waals surface area contributed by atoms with Crippen molar-refractivity contribution in [2.45, 2.75) is 32.1 Å². The van der Waals surface area contributed by atoms with E-state index < -0.39 is 0 Å². The van der Waals surface area contributed by atoms with Crippen LogP contribution < -0.4 is 0 Å². The maximum Gasteiger partial charge on any atom is 0.123 e. The largest absolute Gasteiger partial charge is 0.382 e. The lowest BCUT2D eigenvalue weighted by molar-refractivity contribution is 0.275. The van der Waals surface area contributed by atoms with E-state index in [1.807, 2.05) is 30.3 Å². The van der Waals surface area contributed by atoms with E-state index in [1.54, 1.807) is 0 Å². The normalized spacial score (nSPS) is 18.3. The van der Waals surface area contributed by atoms with Gasteiger partial charge in [-0.15, -0.1) is 0 Å². The summed E-state index contributed by atoms with van der Waals surface area (Å²) in [7, 11) is 0. The van der Waals surface area contributed by atoms with E-state index >= 15 is 0 Å². The summed E-state index contributed by atoms with van der Waals surface area (Å²) in [4.78, 5) is 0. The topological polar surface area (TPSA) is 20.2 Å². The maximum absolute atomic E-state index is 9.97. The molecule has 15 heavy (non-hydrogen) atoms. The Morgan fingerprint density at radius 1 is 1.20 bits per heavy atom. The zero-order valence-electron chi connectivity index (χ0n) is 9.02. The first-order chi connectivity index (χ1) is 7.36. The molecule has 0 heterocycles. The SMILES string of the molecule is O[C](CC1[CH]CCCC1)c1ccccc1. The summed E-state index contributed by atoms with van der Waals surface area (Å²) in [5, 5.41) is 9.97. The molecule has 1 aromatic carbocycles. The van der Waals surface area contributed by atoms with E-state index in [0.717, 1.165) is 12.0 Å². The fourth-order valence-corrected chi connectivity index (χ4v) is 2.20. The van der Waals surface area contributed by atoms with E-state index in [-0.39, 0.29) is 0 Å². The number of benzene rings is 1. The van der Waals surface area contributed by atoms with Gasteiger partial charge in [0, 0.05) is 0 Å². The standard InChI is InChI=1S/C14H18O/c15-14(13-9-5-2-6-10-13)11-12-7-3-1-4-8-12/h2,5-7,9-10,12,15H,1,3-4,8,11H2. The molecule has 1 unspecified atom stereocenters. The fraction of sp³-hybridized carbons (Fsp3) is 0.429. The smallest absolute Gasteiger partial charge is 0.123 e. The summed E-state index contributed by atoms with van der Waals surface area (Å²) < 4.78 is 0. The van der Waals surface area contributed by atoms with Crippen molar-refractivity contribution < 1.29 is 5.11 Å². The molecule has 1 aromatic rings.